The number of halogens is 2. The molecule has 0 aliphatic rings. The summed E-state index contributed by atoms with van der Waals surface area (Å²) in [5, 5.41) is 0.131. The number of alkyl halides is 1. The maximum atomic E-state index is 11.4. The Morgan fingerprint density at radius 2 is 1.57 bits per heavy atom. The largest absolute Gasteiger partial charge is 0.316 e. The lowest BCUT2D eigenvalue weighted by Crippen LogP contribution is -2.28. The van der Waals surface area contributed by atoms with E-state index < -0.39 is 16.5 Å². The van der Waals surface area contributed by atoms with Crippen molar-refractivity contribution in [3.05, 3.63) is 79.3 Å². The number of fused-ring (bicyclic) bond motifs is 1. The molecule has 0 fully saturated rings. The third-order valence-corrected chi connectivity index (χ3v) is 4.05. The van der Waals surface area contributed by atoms with E-state index in [1.54, 1.807) is 24.3 Å². The van der Waals surface area contributed by atoms with Gasteiger partial charge in [0.15, 0.2) is 0 Å². The first-order valence-corrected chi connectivity index (χ1v) is 7.02. The summed E-state index contributed by atoms with van der Waals surface area (Å²) in [6.45, 7) is 0. The molecule has 0 amide bonds. The average molecular weight is 321 g/mol. The molecule has 3 aromatic rings. The minimum Gasteiger partial charge on any atom is -0.316 e. The first-order chi connectivity index (χ1) is 10.1. The van der Waals surface area contributed by atoms with Crippen LogP contribution in [0.5, 0.6) is 0 Å². The molecule has 0 radical (unpaired) electrons. The van der Waals surface area contributed by atoms with Crippen LogP contribution in [0.2, 0.25) is 5.02 Å². The van der Waals surface area contributed by atoms with Gasteiger partial charge >= 0.3 is 11.1 Å². The first kappa shape index (κ1) is 13.9. The first-order valence-electron chi connectivity index (χ1n) is 6.21. The molecule has 6 heteroatoms. The van der Waals surface area contributed by atoms with Crippen molar-refractivity contribution in [2.24, 2.45) is 0 Å². The molecule has 0 bridgehead atoms. The zero-order chi connectivity index (χ0) is 15.0. The molecule has 0 saturated carbocycles. The van der Waals surface area contributed by atoms with Crippen molar-refractivity contribution in [3.8, 4) is 0 Å². The van der Waals surface area contributed by atoms with Crippen LogP contribution >= 0.6 is 23.2 Å². The van der Waals surface area contributed by atoms with E-state index in [-0.39, 0.29) is 0 Å². The van der Waals surface area contributed by atoms with E-state index >= 15 is 0 Å². The highest BCUT2D eigenvalue weighted by molar-refractivity contribution is 6.33. The molecule has 0 aliphatic heterocycles. The standard InChI is InChI=1S/C15H10Cl2N2O2/c16-10-4-2-1-3-9(10)13(17)8-5-6-11-12(7-8)19-15(21)14(20)18-11/h1-7,13H,(H,18,20)(H,19,21). The minimum atomic E-state index is -0.691. The van der Waals surface area contributed by atoms with Gasteiger partial charge < -0.3 is 9.97 Å². The lowest BCUT2D eigenvalue weighted by atomic mass is 10.0. The molecule has 3 rings (SSSR count). The smallest absolute Gasteiger partial charge is 0.314 e. The Labute approximate surface area is 129 Å². The van der Waals surface area contributed by atoms with E-state index in [1.165, 1.54) is 0 Å². The summed E-state index contributed by atoms with van der Waals surface area (Å²) in [7, 11) is 0. The van der Waals surface area contributed by atoms with Crippen LogP contribution in [0.1, 0.15) is 16.5 Å². The predicted molar refractivity (Wildman–Crippen MR) is 84.3 cm³/mol. The molecule has 0 aliphatic carbocycles. The SMILES string of the molecule is O=c1[nH]c2ccc(C(Cl)c3ccccc3Cl)cc2[nH]c1=O. The number of aromatic nitrogens is 2. The Bertz CT molecular complexity index is 931. The van der Waals surface area contributed by atoms with E-state index in [0.717, 1.165) is 11.1 Å². The minimum absolute atomic E-state index is 0.446. The van der Waals surface area contributed by atoms with Gasteiger partial charge in [0.1, 0.15) is 0 Å². The van der Waals surface area contributed by atoms with E-state index in [0.29, 0.717) is 16.1 Å². The molecule has 2 N–H and O–H groups in total. The van der Waals surface area contributed by atoms with E-state index in [9.17, 15) is 9.59 Å². The van der Waals surface area contributed by atoms with Gasteiger partial charge in [-0.05, 0) is 29.3 Å². The van der Waals surface area contributed by atoms with Crippen molar-refractivity contribution < 1.29 is 0 Å². The van der Waals surface area contributed by atoms with Gasteiger partial charge in [-0.3, -0.25) is 9.59 Å². The maximum Gasteiger partial charge on any atom is 0.314 e. The van der Waals surface area contributed by atoms with Crippen LogP contribution in [0, 0.1) is 0 Å². The van der Waals surface area contributed by atoms with Gasteiger partial charge in [0.05, 0.1) is 16.4 Å². The quantitative estimate of drug-likeness (QED) is 0.562. The molecular weight excluding hydrogens is 311 g/mol. The summed E-state index contributed by atoms with van der Waals surface area (Å²) in [6.07, 6.45) is 0. The van der Waals surface area contributed by atoms with Crippen molar-refractivity contribution in [1.82, 2.24) is 9.97 Å². The lowest BCUT2D eigenvalue weighted by molar-refractivity contribution is 1.11. The molecule has 0 spiro atoms. The van der Waals surface area contributed by atoms with Gasteiger partial charge in [0.25, 0.3) is 0 Å². The predicted octanol–water partition coefficient (Wildman–Crippen LogP) is 3.20. The molecule has 1 atom stereocenters. The van der Waals surface area contributed by atoms with E-state index in [4.69, 9.17) is 23.2 Å². The van der Waals surface area contributed by atoms with Crippen LogP contribution in [-0.2, 0) is 0 Å². The van der Waals surface area contributed by atoms with Gasteiger partial charge in [0.2, 0.25) is 0 Å². The fourth-order valence-electron chi connectivity index (χ4n) is 2.15. The fraction of sp³-hybridized carbons (Fsp3) is 0.0667. The summed E-state index contributed by atoms with van der Waals surface area (Å²) < 4.78 is 0. The summed E-state index contributed by atoms with van der Waals surface area (Å²) in [4.78, 5) is 27.7. The van der Waals surface area contributed by atoms with Crippen molar-refractivity contribution in [2.45, 2.75) is 5.38 Å². The Kier molecular flexibility index (Phi) is 3.57. The summed E-state index contributed by atoms with van der Waals surface area (Å²) in [5.74, 6) is 0. The zero-order valence-corrected chi connectivity index (χ0v) is 12.2. The summed E-state index contributed by atoms with van der Waals surface area (Å²) in [6, 6.07) is 12.5. The fourth-order valence-corrected chi connectivity index (χ4v) is 2.78. The molecule has 1 unspecified atom stereocenters. The second-order valence-corrected chi connectivity index (χ2v) is 5.44. The van der Waals surface area contributed by atoms with Gasteiger partial charge in [-0.15, -0.1) is 11.6 Å². The molecule has 0 saturated heterocycles. The molecule has 4 nitrogen and oxygen atoms in total. The highest BCUT2D eigenvalue weighted by Crippen LogP contribution is 2.33. The second-order valence-electron chi connectivity index (χ2n) is 4.60. The van der Waals surface area contributed by atoms with Crippen LogP contribution in [0.15, 0.2) is 52.1 Å². The van der Waals surface area contributed by atoms with Crippen LogP contribution in [-0.4, -0.2) is 9.97 Å². The number of H-pyrrole nitrogens is 2. The van der Waals surface area contributed by atoms with Crippen molar-refractivity contribution >= 4 is 34.2 Å². The Morgan fingerprint density at radius 1 is 0.905 bits per heavy atom. The van der Waals surface area contributed by atoms with Gasteiger partial charge in [0, 0.05) is 5.02 Å². The Hall–Kier alpha value is -2.04. The van der Waals surface area contributed by atoms with Crippen LogP contribution in [0.3, 0.4) is 0 Å². The van der Waals surface area contributed by atoms with Gasteiger partial charge in [-0.2, -0.15) is 0 Å². The molecule has 106 valence electrons. The van der Waals surface area contributed by atoms with Gasteiger partial charge in [-0.25, -0.2) is 0 Å². The number of hydrogen-bond donors (Lipinski definition) is 2. The number of aromatic amines is 2. The van der Waals surface area contributed by atoms with Crippen LogP contribution in [0.4, 0.5) is 0 Å². The molecule has 1 heterocycles. The summed E-state index contributed by atoms with van der Waals surface area (Å²) in [5.41, 5.74) is 1.26. The highest BCUT2D eigenvalue weighted by atomic mass is 35.5. The Morgan fingerprint density at radius 3 is 2.29 bits per heavy atom. The number of benzene rings is 2. The second kappa shape index (κ2) is 5.39. The molecule has 1 aromatic heterocycles. The Balaban J connectivity index is 2.13. The number of rotatable bonds is 2. The zero-order valence-electron chi connectivity index (χ0n) is 10.7. The van der Waals surface area contributed by atoms with Crippen LogP contribution < -0.4 is 11.1 Å². The number of nitrogens with one attached hydrogen (secondary N) is 2. The van der Waals surface area contributed by atoms with Crippen molar-refractivity contribution in [3.63, 3.8) is 0 Å². The normalized spacial score (nSPS) is 12.5. The topological polar surface area (TPSA) is 65.7 Å². The number of hydrogen-bond acceptors (Lipinski definition) is 2. The summed E-state index contributed by atoms with van der Waals surface area (Å²) >= 11 is 12.6. The van der Waals surface area contributed by atoms with E-state index in [2.05, 4.69) is 9.97 Å². The third-order valence-electron chi connectivity index (χ3n) is 3.22. The maximum absolute atomic E-state index is 11.4. The third kappa shape index (κ3) is 2.60. The van der Waals surface area contributed by atoms with Crippen molar-refractivity contribution in [2.75, 3.05) is 0 Å². The van der Waals surface area contributed by atoms with E-state index in [1.807, 2.05) is 18.2 Å². The monoisotopic (exact) mass is 320 g/mol. The molecule has 2 aromatic carbocycles. The van der Waals surface area contributed by atoms with Crippen molar-refractivity contribution in [1.29, 1.82) is 0 Å². The average Bonchev–Trinajstić information content (AvgIpc) is 2.48. The van der Waals surface area contributed by atoms with Crippen LogP contribution in [0.25, 0.3) is 11.0 Å². The molecular formula is C15H10Cl2N2O2. The lowest BCUT2D eigenvalue weighted by Gasteiger charge is -2.12. The molecule has 21 heavy (non-hydrogen) atoms. The van der Waals surface area contributed by atoms with Gasteiger partial charge in [-0.1, -0.05) is 35.9 Å². The highest BCUT2D eigenvalue weighted by Gasteiger charge is 2.14.